The van der Waals surface area contributed by atoms with Crippen LogP contribution in [0.4, 0.5) is 4.39 Å². The number of carbonyl (C=O) groups is 1. The van der Waals surface area contributed by atoms with Crippen molar-refractivity contribution in [2.75, 3.05) is 6.54 Å². The van der Waals surface area contributed by atoms with Crippen LogP contribution < -0.4 is 11.1 Å². The summed E-state index contributed by atoms with van der Waals surface area (Å²) in [5.74, 6) is -0.644. The Labute approximate surface area is 101 Å². The van der Waals surface area contributed by atoms with E-state index in [2.05, 4.69) is 5.32 Å². The van der Waals surface area contributed by atoms with Gasteiger partial charge in [0.2, 0.25) is 5.91 Å². The highest BCUT2D eigenvalue weighted by molar-refractivity contribution is 5.74. The van der Waals surface area contributed by atoms with Crippen LogP contribution in [0, 0.1) is 12.7 Å². The molecule has 3 N–H and O–H groups in total. The molecule has 1 aromatic carbocycles. The first-order chi connectivity index (χ1) is 8.04. The Kier molecular flexibility index (Phi) is 5.10. The first-order valence-electron chi connectivity index (χ1n) is 5.82. The lowest BCUT2D eigenvalue weighted by molar-refractivity contribution is -0.118. The summed E-state index contributed by atoms with van der Waals surface area (Å²) in [7, 11) is 0. The highest BCUT2D eigenvalue weighted by Gasteiger charge is 2.14. The van der Waals surface area contributed by atoms with Crippen molar-refractivity contribution < 1.29 is 9.18 Å². The molecule has 0 aliphatic heterocycles. The predicted molar refractivity (Wildman–Crippen MR) is 66.0 cm³/mol. The van der Waals surface area contributed by atoms with Crippen LogP contribution in [0.1, 0.15) is 36.9 Å². The van der Waals surface area contributed by atoms with Gasteiger partial charge in [0, 0.05) is 12.5 Å². The van der Waals surface area contributed by atoms with E-state index in [0.29, 0.717) is 5.56 Å². The topological polar surface area (TPSA) is 55.1 Å². The lowest BCUT2D eigenvalue weighted by atomic mass is 10.0. The molecule has 94 valence electrons. The van der Waals surface area contributed by atoms with Crippen molar-refractivity contribution in [2.24, 2.45) is 5.73 Å². The molecule has 4 heteroatoms. The van der Waals surface area contributed by atoms with Crippen LogP contribution in [-0.2, 0) is 4.79 Å². The quantitative estimate of drug-likeness (QED) is 0.797. The summed E-state index contributed by atoms with van der Waals surface area (Å²) < 4.78 is 13.5. The number of halogens is 1. The van der Waals surface area contributed by atoms with Crippen LogP contribution in [0.25, 0.3) is 0 Å². The molecule has 0 saturated heterocycles. The zero-order valence-corrected chi connectivity index (χ0v) is 10.3. The minimum Gasteiger partial charge on any atom is -0.370 e. The van der Waals surface area contributed by atoms with Crippen LogP contribution in [0.5, 0.6) is 0 Å². The Bertz CT molecular complexity index is 393. The fourth-order valence-corrected chi connectivity index (χ4v) is 1.65. The van der Waals surface area contributed by atoms with Crippen LogP contribution >= 0.6 is 0 Å². The van der Waals surface area contributed by atoms with Gasteiger partial charge >= 0.3 is 0 Å². The Hall–Kier alpha value is -1.42. The number of nitrogens with two attached hydrogens (primary N) is 1. The third-order valence-corrected chi connectivity index (χ3v) is 2.64. The van der Waals surface area contributed by atoms with Gasteiger partial charge in [-0.3, -0.25) is 4.79 Å². The Balaban J connectivity index is 2.86. The Morgan fingerprint density at radius 2 is 2.24 bits per heavy atom. The van der Waals surface area contributed by atoms with Gasteiger partial charge in [-0.05, 0) is 37.1 Å². The fraction of sp³-hybridized carbons (Fsp3) is 0.462. The molecule has 0 aromatic heterocycles. The van der Waals surface area contributed by atoms with Crippen molar-refractivity contribution in [2.45, 2.75) is 32.7 Å². The minimum atomic E-state index is -0.389. The number of hydrogen-bond acceptors (Lipinski definition) is 2. The minimum absolute atomic E-state index is 0.183. The van der Waals surface area contributed by atoms with Gasteiger partial charge < -0.3 is 11.1 Å². The molecular formula is C13H19FN2O. The van der Waals surface area contributed by atoms with Gasteiger partial charge in [0.05, 0.1) is 0 Å². The summed E-state index contributed by atoms with van der Waals surface area (Å²) in [6.07, 6.45) is 1.13. The number of primary amides is 1. The SMILES string of the molecule is CCCNC(CC(N)=O)c1ccc(C)c(F)c1. The molecule has 1 atom stereocenters. The average molecular weight is 238 g/mol. The van der Waals surface area contributed by atoms with E-state index in [0.717, 1.165) is 18.5 Å². The van der Waals surface area contributed by atoms with Crippen molar-refractivity contribution in [1.82, 2.24) is 5.32 Å². The molecule has 1 aromatic rings. The first-order valence-corrected chi connectivity index (χ1v) is 5.82. The maximum atomic E-state index is 13.5. The predicted octanol–water partition coefficient (Wildman–Crippen LogP) is 2.05. The molecule has 1 unspecified atom stereocenters. The van der Waals surface area contributed by atoms with E-state index >= 15 is 0 Å². The van der Waals surface area contributed by atoms with Crippen molar-refractivity contribution >= 4 is 5.91 Å². The third kappa shape index (κ3) is 4.15. The maximum absolute atomic E-state index is 13.5. The normalized spacial score (nSPS) is 12.4. The molecule has 0 aliphatic rings. The lowest BCUT2D eigenvalue weighted by Gasteiger charge is -2.17. The summed E-state index contributed by atoms with van der Waals surface area (Å²) in [5, 5.41) is 3.20. The van der Waals surface area contributed by atoms with Crippen molar-refractivity contribution in [3.63, 3.8) is 0 Å². The number of aryl methyl sites for hydroxylation is 1. The molecule has 1 rings (SSSR count). The van der Waals surface area contributed by atoms with E-state index in [9.17, 15) is 9.18 Å². The molecule has 0 aliphatic carbocycles. The molecule has 0 radical (unpaired) electrons. The summed E-state index contributed by atoms with van der Waals surface area (Å²) in [5.41, 5.74) is 6.56. The van der Waals surface area contributed by atoms with Gasteiger partial charge in [-0.25, -0.2) is 4.39 Å². The zero-order valence-electron chi connectivity index (χ0n) is 10.3. The Morgan fingerprint density at radius 3 is 2.76 bits per heavy atom. The third-order valence-electron chi connectivity index (χ3n) is 2.64. The average Bonchev–Trinajstić information content (AvgIpc) is 2.27. The van der Waals surface area contributed by atoms with E-state index < -0.39 is 0 Å². The second-order valence-electron chi connectivity index (χ2n) is 4.19. The van der Waals surface area contributed by atoms with Crippen LogP contribution in [-0.4, -0.2) is 12.5 Å². The van der Waals surface area contributed by atoms with Gasteiger partial charge in [0.15, 0.2) is 0 Å². The lowest BCUT2D eigenvalue weighted by Crippen LogP contribution is -2.27. The molecule has 0 heterocycles. The van der Waals surface area contributed by atoms with Crippen LogP contribution in [0.3, 0.4) is 0 Å². The fourth-order valence-electron chi connectivity index (χ4n) is 1.65. The number of carbonyl (C=O) groups excluding carboxylic acids is 1. The summed E-state index contributed by atoms with van der Waals surface area (Å²) in [4.78, 5) is 11.0. The van der Waals surface area contributed by atoms with Gasteiger partial charge in [0.1, 0.15) is 5.82 Å². The molecule has 17 heavy (non-hydrogen) atoms. The number of hydrogen-bond donors (Lipinski definition) is 2. The van der Waals surface area contributed by atoms with E-state index in [-0.39, 0.29) is 24.2 Å². The van der Waals surface area contributed by atoms with Gasteiger partial charge in [0.25, 0.3) is 0 Å². The van der Waals surface area contributed by atoms with E-state index in [1.807, 2.05) is 13.0 Å². The molecule has 0 saturated carbocycles. The number of benzene rings is 1. The van der Waals surface area contributed by atoms with Crippen molar-refractivity contribution in [3.05, 3.63) is 35.1 Å². The standard InChI is InChI=1S/C13H19FN2O/c1-3-6-16-12(8-13(15)17)10-5-4-9(2)11(14)7-10/h4-5,7,12,16H,3,6,8H2,1-2H3,(H2,15,17). The van der Waals surface area contributed by atoms with Crippen molar-refractivity contribution in [3.8, 4) is 0 Å². The van der Waals surface area contributed by atoms with Crippen molar-refractivity contribution in [1.29, 1.82) is 0 Å². The zero-order chi connectivity index (χ0) is 12.8. The summed E-state index contributed by atoms with van der Waals surface area (Å²) in [6, 6.07) is 4.80. The van der Waals surface area contributed by atoms with E-state index in [1.54, 1.807) is 13.0 Å². The molecule has 0 spiro atoms. The monoisotopic (exact) mass is 238 g/mol. The molecule has 0 fully saturated rings. The summed E-state index contributed by atoms with van der Waals surface area (Å²) >= 11 is 0. The number of nitrogens with one attached hydrogen (secondary N) is 1. The van der Waals surface area contributed by atoms with Crippen LogP contribution in [0.2, 0.25) is 0 Å². The maximum Gasteiger partial charge on any atom is 0.219 e. The molecule has 3 nitrogen and oxygen atoms in total. The van der Waals surface area contributed by atoms with Gasteiger partial charge in [-0.2, -0.15) is 0 Å². The molecule has 0 bridgehead atoms. The second-order valence-corrected chi connectivity index (χ2v) is 4.19. The second kappa shape index (κ2) is 6.35. The molecular weight excluding hydrogens is 219 g/mol. The highest BCUT2D eigenvalue weighted by Crippen LogP contribution is 2.19. The number of rotatable bonds is 6. The molecule has 1 amide bonds. The summed E-state index contributed by atoms with van der Waals surface area (Å²) in [6.45, 7) is 4.51. The van der Waals surface area contributed by atoms with Gasteiger partial charge in [-0.1, -0.05) is 19.1 Å². The van der Waals surface area contributed by atoms with E-state index in [4.69, 9.17) is 5.73 Å². The largest absolute Gasteiger partial charge is 0.370 e. The van der Waals surface area contributed by atoms with E-state index in [1.165, 1.54) is 6.07 Å². The first kappa shape index (κ1) is 13.6. The smallest absolute Gasteiger partial charge is 0.219 e. The highest BCUT2D eigenvalue weighted by atomic mass is 19.1. The number of amides is 1. The van der Waals surface area contributed by atoms with Crippen LogP contribution in [0.15, 0.2) is 18.2 Å². The van der Waals surface area contributed by atoms with Gasteiger partial charge in [-0.15, -0.1) is 0 Å². The Morgan fingerprint density at radius 1 is 1.53 bits per heavy atom.